The van der Waals surface area contributed by atoms with Gasteiger partial charge in [-0.1, -0.05) is 0 Å². The van der Waals surface area contributed by atoms with Gasteiger partial charge >= 0.3 is 12.1 Å². The van der Waals surface area contributed by atoms with Crippen molar-refractivity contribution in [2.24, 2.45) is 0 Å². The molecule has 0 spiro atoms. The zero-order valence-corrected chi connectivity index (χ0v) is 13.9. The summed E-state index contributed by atoms with van der Waals surface area (Å²) in [6.07, 6.45) is -4.62. The molecule has 0 amide bonds. The molecule has 0 aromatic carbocycles. The number of hydrogen-bond donors (Lipinski definition) is 0. The van der Waals surface area contributed by atoms with Crippen molar-refractivity contribution in [1.82, 2.24) is 0 Å². The fourth-order valence-electron chi connectivity index (χ4n) is 0.980. The average Bonchev–Trinajstić information content (AvgIpc) is 2.06. The average molecular weight is 302 g/mol. The SMILES string of the molecule is CO/C(O[Si](C)(C)C)=C(/O[Si](C)(C)C)C(F)(F)F. The maximum Gasteiger partial charge on any atom is 0.454 e. The van der Waals surface area contributed by atoms with Gasteiger partial charge < -0.3 is 13.6 Å². The van der Waals surface area contributed by atoms with Gasteiger partial charge in [-0.25, -0.2) is 0 Å². The number of alkyl halides is 3. The smallest absolute Gasteiger partial charge is 0.454 e. The van der Waals surface area contributed by atoms with E-state index in [2.05, 4.69) is 0 Å². The third-order valence-corrected chi connectivity index (χ3v) is 3.05. The Kier molecular flexibility index (Phi) is 5.36. The minimum Gasteiger partial charge on any atom is -0.536 e. The van der Waals surface area contributed by atoms with Crippen molar-refractivity contribution in [3.63, 3.8) is 0 Å². The molecule has 108 valence electrons. The molecule has 18 heavy (non-hydrogen) atoms. The monoisotopic (exact) mass is 302 g/mol. The highest BCUT2D eigenvalue weighted by molar-refractivity contribution is 6.70. The van der Waals surface area contributed by atoms with Crippen LogP contribution in [0.15, 0.2) is 11.7 Å². The molecule has 0 saturated heterocycles. The fraction of sp³-hybridized carbons (Fsp3) is 0.800. The Morgan fingerprint density at radius 3 is 1.44 bits per heavy atom. The lowest BCUT2D eigenvalue weighted by atomic mass is 10.5. The van der Waals surface area contributed by atoms with Crippen LogP contribution in [-0.4, -0.2) is 29.9 Å². The van der Waals surface area contributed by atoms with E-state index in [1.54, 1.807) is 39.3 Å². The lowest BCUT2D eigenvalue weighted by Crippen LogP contribution is -2.34. The number of allylic oxidation sites excluding steroid dienone is 1. The molecule has 0 unspecified atom stereocenters. The summed E-state index contributed by atoms with van der Waals surface area (Å²) in [4.78, 5) is 0. The molecule has 0 aromatic rings. The predicted octanol–water partition coefficient (Wildman–Crippen LogP) is 4.07. The van der Waals surface area contributed by atoms with E-state index in [9.17, 15) is 13.2 Å². The normalized spacial score (nSPS) is 15.0. The molecule has 0 aromatic heterocycles. The number of rotatable bonds is 5. The second kappa shape index (κ2) is 5.56. The lowest BCUT2D eigenvalue weighted by molar-refractivity contribution is -0.127. The van der Waals surface area contributed by atoms with Gasteiger partial charge in [-0.3, -0.25) is 0 Å². The summed E-state index contributed by atoms with van der Waals surface area (Å²) < 4.78 is 54.0. The van der Waals surface area contributed by atoms with Crippen LogP contribution in [0.3, 0.4) is 0 Å². The van der Waals surface area contributed by atoms with Gasteiger partial charge in [0.25, 0.3) is 5.76 Å². The third-order valence-electron chi connectivity index (χ3n) is 1.44. The number of ether oxygens (including phenoxy) is 1. The first kappa shape index (κ1) is 17.4. The Morgan fingerprint density at radius 2 is 1.22 bits per heavy atom. The molecule has 0 rings (SSSR count). The largest absolute Gasteiger partial charge is 0.536 e. The molecule has 0 aliphatic heterocycles. The van der Waals surface area contributed by atoms with Crippen molar-refractivity contribution in [2.75, 3.05) is 7.11 Å². The Balaban J connectivity index is 5.48. The highest BCUT2D eigenvalue weighted by Crippen LogP contribution is 2.33. The van der Waals surface area contributed by atoms with Crippen LogP contribution in [0.25, 0.3) is 0 Å². The maximum absolute atomic E-state index is 13.0. The van der Waals surface area contributed by atoms with E-state index in [0.717, 1.165) is 7.11 Å². The molecule has 0 heterocycles. The molecular formula is C10H21F3O3Si2. The van der Waals surface area contributed by atoms with E-state index in [1.807, 2.05) is 0 Å². The van der Waals surface area contributed by atoms with Crippen LogP contribution in [0.4, 0.5) is 13.2 Å². The second-order valence-electron chi connectivity index (χ2n) is 5.75. The minimum absolute atomic E-state index is 0.566. The van der Waals surface area contributed by atoms with Crippen LogP contribution in [-0.2, 0) is 13.6 Å². The van der Waals surface area contributed by atoms with Crippen LogP contribution in [0.1, 0.15) is 0 Å². The molecule has 0 N–H and O–H groups in total. The van der Waals surface area contributed by atoms with E-state index >= 15 is 0 Å². The Labute approximate surface area is 108 Å². The number of hydrogen-bond acceptors (Lipinski definition) is 3. The topological polar surface area (TPSA) is 27.7 Å². The molecule has 0 fully saturated rings. The van der Waals surface area contributed by atoms with Crippen LogP contribution < -0.4 is 0 Å². The van der Waals surface area contributed by atoms with Gasteiger partial charge in [-0.2, -0.15) is 13.2 Å². The van der Waals surface area contributed by atoms with E-state index in [0.29, 0.717) is 0 Å². The quantitative estimate of drug-likeness (QED) is 0.566. The van der Waals surface area contributed by atoms with Crippen molar-refractivity contribution in [3.05, 3.63) is 11.7 Å². The Bertz CT molecular complexity index is 314. The van der Waals surface area contributed by atoms with Crippen molar-refractivity contribution in [1.29, 1.82) is 0 Å². The first-order valence-corrected chi connectivity index (χ1v) is 12.3. The summed E-state index contributed by atoms with van der Waals surface area (Å²) in [5.74, 6) is -1.73. The Hall–Kier alpha value is -0.636. The number of halogens is 3. The van der Waals surface area contributed by atoms with Gasteiger partial charge in [0.1, 0.15) is 0 Å². The van der Waals surface area contributed by atoms with E-state index in [1.165, 1.54) is 0 Å². The van der Waals surface area contributed by atoms with Crippen molar-refractivity contribution in [2.45, 2.75) is 45.5 Å². The molecule has 0 atom stereocenters. The fourth-order valence-corrected chi connectivity index (χ4v) is 2.52. The zero-order chi connectivity index (χ0) is 14.8. The molecule has 0 saturated carbocycles. The molecule has 3 nitrogen and oxygen atoms in total. The van der Waals surface area contributed by atoms with Gasteiger partial charge in [0.15, 0.2) is 0 Å². The lowest BCUT2D eigenvalue weighted by Gasteiger charge is -2.27. The van der Waals surface area contributed by atoms with Gasteiger partial charge in [0.2, 0.25) is 16.6 Å². The molecule has 0 radical (unpaired) electrons. The maximum atomic E-state index is 13.0. The van der Waals surface area contributed by atoms with E-state index in [-0.39, 0.29) is 0 Å². The molecule has 0 aliphatic rings. The summed E-state index contributed by atoms with van der Waals surface area (Å²) >= 11 is 0. The van der Waals surface area contributed by atoms with Gasteiger partial charge in [-0.15, -0.1) is 0 Å². The van der Waals surface area contributed by atoms with Crippen LogP contribution >= 0.6 is 0 Å². The highest BCUT2D eigenvalue weighted by atomic mass is 28.4. The predicted molar refractivity (Wildman–Crippen MR) is 69.0 cm³/mol. The minimum atomic E-state index is -4.62. The summed E-state index contributed by atoms with van der Waals surface area (Å²) in [5.41, 5.74) is 0. The van der Waals surface area contributed by atoms with Crippen LogP contribution in [0, 0.1) is 0 Å². The van der Waals surface area contributed by atoms with Crippen molar-refractivity contribution < 1.29 is 26.8 Å². The van der Waals surface area contributed by atoms with Gasteiger partial charge in [0.05, 0.1) is 7.11 Å². The van der Waals surface area contributed by atoms with E-state index in [4.69, 9.17) is 13.6 Å². The zero-order valence-electron chi connectivity index (χ0n) is 11.9. The van der Waals surface area contributed by atoms with E-state index < -0.39 is 34.5 Å². The molecular weight excluding hydrogens is 281 g/mol. The third kappa shape index (κ3) is 6.95. The summed E-state index contributed by atoms with van der Waals surface area (Å²) in [5, 5.41) is 0. The molecule has 0 aliphatic carbocycles. The molecule has 0 bridgehead atoms. The first-order valence-electron chi connectivity index (χ1n) is 5.50. The highest BCUT2D eigenvalue weighted by Gasteiger charge is 2.44. The second-order valence-corrected chi connectivity index (χ2v) is 14.6. The van der Waals surface area contributed by atoms with Crippen molar-refractivity contribution >= 4 is 16.6 Å². The van der Waals surface area contributed by atoms with Gasteiger partial charge in [0, 0.05) is 0 Å². The molecule has 8 heteroatoms. The van der Waals surface area contributed by atoms with Crippen molar-refractivity contribution in [3.8, 4) is 0 Å². The first-order chi connectivity index (χ1) is 7.76. The van der Waals surface area contributed by atoms with Gasteiger partial charge in [-0.05, 0) is 39.3 Å². The summed E-state index contributed by atoms with van der Waals surface area (Å²) in [6, 6.07) is 0. The Morgan fingerprint density at radius 1 is 0.833 bits per heavy atom. The number of methoxy groups -OCH3 is 1. The summed E-state index contributed by atoms with van der Waals surface area (Å²) in [7, 11) is -3.46. The summed E-state index contributed by atoms with van der Waals surface area (Å²) in [6.45, 7) is 10.3. The van der Waals surface area contributed by atoms with Crippen LogP contribution in [0.5, 0.6) is 0 Å². The van der Waals surface area contributed by atoms with Crippen LogP contribution in [0.2, 0.25) is 39.3 Å². The standard InChI is InChI=1S/C10H21F3O3Si2/c1-14-9(16-18(5,6)7)8(10(11,12)13)15-17(2,3)4/h1-7H3/b9-8-.